The molecule has 2 aromatic rings. The van der Waals surface area contributed by atoms with Crippen LogP contribution in [0.5, 0.6) is 0 Å². The van der Waals surface area contributed by atoms with E-state index in [1.54, 1.807) is 7.05 Å². The molecular formula is C14H21N5O2. The Hall–Kier alpha value is -1.89. The Labute approximate surface area is 122 Å². The number of piperidine rings is 1. The van der Waals surface area contributed by atoms with Crippen LogP contribution in [0.25, 0.3) is 11.2 Å². The summed E-state index contributed by atoms with van der Waals surface area (Å²) in [7, 11) is 3.12. The summed E-state index contributed by atoms with van der Waals surface area (Å²) in [5.41, 5.74) is 0.164. The zero-order valence-corrected chi connectivity index (χ0v) is 12.7. The Morgan fingerprint density at radius 1 is 1.24 bits per heavy atom. The van der Waals surface area contributed by atoms with Crippen molar-refractivity contribution < 1.29 is 0 Å². The van der Waals surface area contributed by atoms with Crippen molar-refractivity contribution in [2.75, 3.05) is 6.54 Å². The van der Waals surface area contributed by atoms with Gasteiger partial charge in [0.2, 0.25) is 0 Å². The SMILES string of the molecule is CC1CCCCN1Cc1nc2c([nH]1)c(=O)n(C)c(=O)n2C. The summed E-state index contributed by atoms with van der Waals surface area (Å²) < 4.78 is 2.52. The van der Waals surface area contributed by atoms with Crippen LogP contribution in [0.1, 0.15) is 32.0 Å². The molecule has 1 unspecified atom stereocenters. The average Bonchev–Trinajstić information content (AvgIpc) is 2.89. The fourth-order valence-electron chi connectivity index (χ4n) is 3.03. The highest BCUT2D eigenvalue weighted by atomic mass is 16.2. The maximum Gasteiger partial charge on any atom is 0.332 e. The normalized spacial score (nSPS) is 20.2. The topological polar surface area (TPSA) is 75.9 Å². The van der Waals surface area contributed by atoms with Gasteiger partial charge in [-0.1, -0.05) is 6.42 Å². The van der Waals surface area contributed by atoms with Gasteiger partial charge < -0.3 is 4.98 Å². The highest BCUT2D eigenvalue weighted by molar-refractivity contribution is 5.69. The van der Waals surface area contributed by atoms with Crippen LogP contribution in [-0.2, 0) is 20.6 Å². The fourth-order valence-corrected chi connectivity index (χ4v) is 3.03. The van der Waals surface area contributed by atoms with Crippen LogP contribution >= 0.6 is 0 Å². The summed E-state index contributed by atoms with van der Waals surface area (Å²) in [4.78, 5) is 34.0. The van der Waals surface area contributed by atoms with Gasteiger partial charge in [0.25, 0.3) is 5.56 Å². The standard InChI is InChI=1S/C14H21N5O2/c1-9-6-4-5-7-19(9)8-10-15-11-12(16-10)17(2)14(21)18(3)13(11)20/h9H,4-8H2,1-3H3,(H,15,16). The minimum absolute atomic E-state index is 0.321. The third-order valence-corrected chi connectivity index (χ3v) is 4.44. The van der Waals surface area contributed by atoms with E-state index in [1.807, 2.05) is 0 Å². The molecule has 7 heteroatoms. The molecule has 7 nitrogen and oxygen atoms in total. The molecule has 1 aliphatic rings. The zero-order valence-electron chi connectivity index (χ0n) is 12.7. The predicted octanol–water partition coefficient (Wildman–Crippen LogP) is 0.335. The van der Waals surface area contributed by atoms with Crippen LogP contribution < -0.4 is 11.2 Å². The Morgan fingerprint density at radius 3 is 2.71 bits per heavy atom. The molecular weight excluding hydrogens is 270 g/mol. The summed E-state index contributed by atoms with van der Waals surface area (Å²) in [6.45, 7) is 3.96. The van der Waals surface area contributed by atoms with Crippen molar-refractivity contribution in [2.24, 2.45) is 14.1 Å². The summed E-state index contributed by atoms with van der Waals surface area (Å²) in [5, 5.41) is 0. The number of fused-ring (bicyclic) bond motifs is 1. The lowest BCUT2D eigenvalue weighted by molar-refractivity contribution is 0.149. The monoisotopic (exact) mass is 291 g/mol. The van der Waals surface area contributed by atoms with Gasteiger partial charge >= 0.3 is 5.69 Å². The molecule has 21 heavy (non-hydrogen) atoms. The van der Waals surface area contributed by atoms with Crippen LogP contribution in [0.3, 0.4) is 0 Å². The van der Waals surface area contributed by atoms with Crippen molar-refractivity contribution in [3.05, 3.63) is 26.7 Å². The first-order valence-corrected chi connectivity index (χ1v) is 7.37. The first kappa shape index (κ1) is 14.1. The molecule has 1 saturated heterocycles. The van der Waals surface area contributed by atoms with Crippen LogP contribution in [0.4, 0.5) is 0 Å². The van der Waals surface area contributed by atoms with Gasteiger partial charge in [0.1, 0.15) is 11.3 Å². The van der Waals surface area contributed by atoms with Gasteiger partial charge in [-0.3, -0.25) is 18.8 Å². The Bertz CT molecular complexity index is 785. The van der Waals surface area contributed by atoms with E-state index in [0.29, 0.717) is 23.8 Å². The molecule has 0 amide bonds. The molecule has 3 heterocycles. The van der Waals surface area contributed by atoms with Gasteiger partial charge in [0.05, 0.1) is 6.54 Å². The molecule has 1 fully saturated rings. The Morgan fingerprint density at radius 2 is 2.00 bits per heavy atom. The molecule has 1 N–H and O–H groups in total. The lowest BCUT2D eigenvalue weighted by Gasteiger charge is -2.32. The molecule has 1 atom stereocenters. The lowest BCUT2D eigenvalue weighted by atomic mass is 10.0. The molecule has 0 aromatic carbocycles. The zero-order chi connectivity index (χ0) is 15.1. The summed E-state index contributed by atoms with van der Waals surface area (Å²) in [6.07, 6.45) is 3.66. The van der Waals surface area contributed by atoms with E-state index in [0.717, 1.165) is 16.9 Å². The number of hydrogen-bond acceptors (Lipinski definition) is 4. The number of nitrogens with one attached hydrogen (secondary N) is 1. The summed E-state index contributed by atoms with van der Waals surface area (Å²) in [5.74, 6) is 0.747. The maximum absolute atomic E-state index is 12.1. The average molecular weight is 291 g/mol. The molecule has 0 bridgehead atoms. The first-order valence-electron chi connectivity index (χ1n) is 7.37. The minimum Gasteiger partial charge on any atom is -0.335 e. The lowest BCUT2D eigenvalue weighted by Crippen LogP contribution is -2.37. The second kappa shape index (κ2) is 5.14. The fraction of sp³-hybridized carbons (Fsp3) is 0.643. The van der Waals surface area contributed by atoms with Crippen molar-refractivity contribution in [3.63, 3.8) is 0 Å². The van der Waals surface area contributed by atoms with Crippen molar-refractivity contribution in [3.8, 4) is 0 Å². The van der Waals surface area contributed by atoms with Gasteiger partial charge in [-0.05, 0) is 26.3 Å². The minimum atomic E-state index is -0.350. The van der Waals surface area contributed by atoms with Crippen molar-refractivity contribution in [1.29, 1.82) is 0 Å². The van der Waals surface area contributed by atoms with Crippen molar-refractivity contribution >= 4 is 11.2 Å². The number of aryl methyl sites for hydroxylation is 1. The smallest absolute Gasteiger partial charge is 0.332 e. The van der Waals surface area contributed by atoms with E-state index in [2.05, 4.69) is 21.8 Å². The third kappa shape index (κ3) is 2.31. The van der Waals surface area contributed by atoms with Gasteiger partial charge in [-0.15, -0.1) is 0 Å². The summed E-state index contributed by atoms with van der Waals surface area (Å²) in [6, 6.07) is 0.526. The number of nitrogens with zero attached hydrogens (tertiary/aromatic N) is 4. The van der Waals surface area contributed by atoms with E-state index < -0.39 is 0 Å². The van der Waals surface area contributed by atoms with Gasteiger partial charge in [0.15, 0.2) is 5.65 Å². The van der Waals surface area contributed by atoms with Gasteiger partial charge in [-0.25, -0.2) is 9.78 Å². The molecule has 114 valence electrons. The Kier molecular flexibility index (Phi) is 3.44. The van der Waals surface area contributed by atoms with E-state index in [4.69, 9.17) is 0 Å². The highest BCUT2D eigenvalue weighted by Gasteiger charge is 2.20. The van der Waals surface area contributed by atoms with Crippen LogP contribution in [0.2, 0.25) is 0 Å². The summed E-state index contributed by atoms with van der Waals surface area (Å²) >= 11 is 0. The van der Waals surface area contributed by atoms with Gasteiger partial charge in [0, 0.05) is 20.1 Å². The second-order valence-electron chi connectivity index (χ2n) is 5.90. The van der Waals surface area contributed by atoms with Crippen molar-refractivity contribution in [1.82, 2.24) is 24.0 Å². The number of aromatic amines is 1. The molecule has 0 saturated carbocycles. The number of rotatable bonds is 2. The highest BCUT2D eigenvalue weighted by Crippen LogP contribution is 2.18. The quantitative estimate of drug-likeness (QED) is 0.865. The molecule has 0 aliphatic carbocycles. The van der Waals surface area contributed by atoms with E-state index in [1.165, 1.54) is 30.9 Å². The van der Waals surface area contributed by atoms with E-state index in [-0.39, 0.29) is 11.2 Å². The molecule has 0 spiro atoms. The number of H-pyrrole nitrogens is 1. The third-order valence-electron chi connectivity index (χ3n) is 4.44. The second-order valence-corrected chi connectivity index (χ2v) is 5.90. The van der Waals surface area contributed by atoms with Crippen LogP contribution in [-0.4, -0.2) is 36.6 Å². The van der Waals surface area contributed by atoms with E-state index >= 15 is 0 Å². The largest absolute Gasteiger partial charge is 0.335 e. The Balaban J connectivity index is 2.02. The number of likely N-dealkylation sites (tertiary alicyclic amines) is 1. The van der Waals surface area contributed by atoms with Crippen molar-refractivity contribution in [2.45, 2.75) is 38.8 Å². The molecule has 0 radical (unpaired) electrons. The molecule has 2 aromatic heterocycles. The maximum atomic E-state index is 12.1. The van der Waals surface area contributed by atoms with Gasteiger partial charge in [-0.2, -0.15) is 0 Å². The van der Waals surface area contributed by atoms with Crippen LogP contribution in [0, 0.1) is 0 Å². The molecule has 3 rings (SSSR count). The number of imidazole rings is 1. The predicted molar refractivity (Wildman–Crippen MR) is 80.3 cm³/mol. The number of hydrogen-bond donors (Lipinski definition) is 1. The molecule has 1 aliphatic heterocycles. The van der Waals surface area contributed by atoms with E-state index in [9.17, 15) is 9.59 Å². The van der Waals surface area contributed by atoms with Crippen LogP contribution in [0.15, 0.2) is 9.59 Å². The first-order chi connectivity index (χ1) is 9.99. The number of aromatic nitrogens is 4.